The molecule has 3 aromatic heterocycles. The van der Waals surface area contributed by atoms with Crippen LogP contribution in [-0.4, -0.2) is 26.4 Å². The largest absolute Gasteiger partial charge is 0.465 e. The van der Waals surface area contributed by atoms with E-state index in [0.717, 1.165) is 28.6 Å². The minimum absolute atomic E-state index is 0.331. The summed E-state index contributed by atoms with van der Waals surface area (Å²) in [5.41, 5.74) is 6.46. The zero-order chi connectivity index (χ0) is 17.1. The number of hydrazone groups is 1. The second-order valence-electron chi connectivity index (χ2n) is 5.46. The lowest BCUT2D eigenvalue weighted by Crippen LogP contribution is -1.98. The summed E-state index contributed by atoms with van der Waals surface area (Å²) in [5.74, 6) is 1.09. The number of rotatable bonds is 5. The highest BCUT2D eigenvalue weighted by Crippen LogP contribution is 2.23. The maximum Gasteiger partial charge on any atom is 0.265 e. The molecule has 4 aromatic rings. The number of aromatic nitrogens is 4. The number of hydrogen-bond acceptors (Lipinski definition) is 6. The van der Waals surface area contributed by atoms with E-state index in [1.54, 1.807) is 24.6 Å². The van der Waals surface area contributed by atoms with Crippen molar-refractivity contribution in [3.05, 3.63) is 54.0 Å². The van der Waals surface area contributed by atoms with E-state index in [1.807, 2.05) is 18.2 Å². The number of benzene rings is 1. The first-order chi connectivity index (χ1) is 12.3. The Labute approximate surface area is 143 Å². The third kappa shape index (κ3) is 3.12. The first-order valence-electron chi connectivity index (χ1n) is 7.98. The second-order valence-corrected chi connectivity index (χ2v) is 5.46. The van der Waals surface area contributed by atoms with Crippen molar-refractivity contribution in [1.29, 1.82) is 0 Å². The van der Waals surface area contributed by atoms with Crippen LogP contribution in [0.4, 0.5) is 5.95 Å². The standard InChI is InChI=1S/C18H16N6O/c1-2-12-7-8-15-14(11-12)16-17(20-15)21-18(24-22-16)23-19-9-3-5-13-6-4-10-25-13/h3-11H,2H2,1H3,(H2,20,21,23,24)/b5-3+,19-9+. The first kappa shape index (κ1) is 15.1. The Bertz CT molecular complexity index is 1060. The number of fused-ring (bicyclic) bond motifs is 3. The Kier molecular flexibility index (Phi) is 3.96. The van der Waals surface area contributed by atoms with Gasteiger partial charge in [0.15, 0.2) is 5.65 Å². The maximum absolute atomic E-state index is 5.18. The minimum atomic E-state index is 0.331. The molecule has 0 unspecified atom stereocenters. The van der Waals surface area contributed by atoms with Gasteiger partial charge in [-0.1, -0.05) is 13.0 Å². The van der Waals surface area contributed by atoms with Crippen molar-refractivity contribution >= 4 is 40.3 Å². The van der Waals surface area contributed by atoms with E-state index in [2.05, 4.69) is 49.7 Å². The van der Waals surface area contributed by atoms with Crippen molar-refractivity contribution < 1.29 is 4.42 Å². The number of aryl methyl sites for hydroxylation is 1. The number of aromatic amines is 1. The van der Waals surface area contributed by atoms with E-state index in [0.29, 0.717) is 11.6 Å². The molecule has 7 heteroatoms. The minimum Gasteiger partial charge on any atom is -0.465 e. The maximum atomic E-state index is 5.18. The molecule has 7 nitrogen and oxygen atoms in total. The summed E-state index contributed by atoms with van der Waals surface area (Å²) < 4.78 is 5.18. The highest BCUT2D eigenvalue weighted by Gasteiger charge is 2.09. The molecule has 0 spiro atoms. The third-order valence-corrected chi connectivity index (χ3v) is 3.82. The monoisotopic (exact) mass is 332 g/mol. The van der Waals surface area contributed by atoms with Crippen LogP contribution in [0.5, 0.6) is 0 Å². The van der Waals surface area contributed by atoms with Gasteiger partial charge in [0, 0.05) is 17.1 Å². The molecule has 2 N–H and O–H groups in total. The van der Waals surface area contributed by atoms with Gasteiger partial charge >= 0.3 is 0 Å². The quantitative estimate of drug-likeness (QED) is 0.429. The number of H-pyrrole nitrogens is 1. The van der Waals surface area contributed by atoms with Crippen LogP contribution in [0.2, 0.25) is 0 Å². The Morgan fingerprint density at radius 3 is 3.08 bits per heavy atom. The smallest absolute Gasteiger partial charge is 0.265 e. The number of nitrogens with zero attached hydrogens (tertiary/aromatic N) is 4. The number of nitrogens with one attached hydrogen (secondary N) is 2. The summed E-state index contributed by atoms with van der Waals surface area (Å²) in [6.07, 6.45) is 7.75. The van der Waals surface area contributed by atoms with Gasteiger partial charge in [-0.05, 0) is 48.4 Å². The molecule has 0 aliphatic carbocycles. The fourth-order valence-electron chi connectivity index (χ4n) is 2.55. The summed E-state index contributed by atoms with van der Waals surface area (Å²) in [6, 6.07) is 9.95. The van der Waals surface area contributed by atoms with Crippen LogP contribution >= 0.6 is 0 Å². The predicted octanol–water partition coefficient (Wildman–Crippen LogP) is 3.77. The van der Waals surface area contributed by atoms with Gasteiger partial charge in [0.2, 0.25) is 0 Å². The van der Waals surface area contributed by atoms with E-state index >= 15 is 0 Å². The Morgan fingerprint density at radius 2 is 2.24 bits per heavy atom. The second kappa shape index (κ2) is 6.56. The van der Waals surface area contributed by atoms with Gasteiger partial charge in [-0.25, -0.2) is 5.43 Å². The van der Waals surface area contributed by atoms with Crippen molar-refractivity contribution in [3.8, 4) is 0 Å². The molecule has 0 fully saturated rings. The summed E-state index contributed by atoms with van der Waals surface area (Å²) in [7, 11) is 0. The zero-order valence-corrected chi connectivity index (χ0v) is 13.6. The van der Waals surface area contributed by atoms with Gasteiger partial charge in [-0.3, -0.25) is 0 Å². The molecule has 0 bridgehead atoms. The van der Waals surface area contributed by atoms with Gasteiger partial charge in [-0.2, -0.15) is 10.1 Å². The first-order valence-corrected chi connectivity index (χ1v) is 7.98. The fraction of sp³-hybridized carbons (Fsp3) is 0.111. The van der Waals surface area contributed by atoms with Crippen molar-refractivity contribution in [3.63, 3.8) is 0 Å². The van der Waals surface area contributed by atoms with Gasteiger partial charge in [0.25, 0.3) is 5.95 Å². The van der Waals surface area contributed by atoms with Crippen molar-refractivity contribution in [2.24, 2.45) is 5.10 Å². The van der Waals surface area contributed by atoms with Crippen molar-refractivity contribution in [2.75, 3.05) is 5.43 Å². The lowest BCUT2D eigenvalue weighted by Gasteiger charge is -1.97. The van der Waals surface area contributed by atoms with Gasteiger partial charge in [-0.15, -0.1) is 10.2 Å². The molecule has 124 valence electrons. The highest BCUT2D eigenvalue weighted by molar-refractivity contribution is 6.03. The molecule has 0 saturated heterocycles. The summed E-state index contributed by atoms with van der Waals surface area (Å²) in [5, 5.41) is 13.4. The molecule has 4 rings (SSSR count). The normalized spacial score (nSPS) is 12.0. The van der Waals surface area contributed by atoms with Crippen molar-refractivity contribution in [1.82, 2.24) is 20.2 Å². The van der Waals surface area contributed by atoms with Crippen LogP contribution in [-0.2, 0) is 6.42 Å². The number of hydrogen-bond donors (Lipinski definition) is 2. The molecule has 0 radical (unpaired) electrons. The molecule has 1 aromatic carbocycles. The van der Waals surface area contributed by atoms with E-state index in [4.69, 9.17) is 4.42 Å². The Balaban J connectivity index is 1.53. The van der Waals surface area contributed by atoms with Crippen molar-refractivity contribution in [2.45, 2.75) is 13.3 Å². The Morgan fingerprint density at radius 1 is 1.28 bits per heavy atom. The van der Waals surface area contributed by atoms with Gasteiger partial charge in [0.05, 0.1) is 6.26 Å². The van der Waals surface area contributed by atoms with E-state index < -0.39 is 0 Å². The average Bonchev–Trinajstić information content (AvgIpc) is 3.27. The molecule has 25 heavy (non-hydrogen) atoms. The summed E-state index contributed by atoms with van der Waals surface area (Å²) in [4.78, 5) is 7.68. The van der Waals surface area contributed by atoms with Crippen LogP contribution in [0.1, 0.15) is 18.2 Å². The van der Waals surface area contributed by atoms with Crippen LogP contribution in [0.15, 0.2) is 52.2 Å². The lowest BCUT2D eigenvalue weighted by atomic mass is 10.1. The molecule has 0 aliphatic rings. The fourth-order valence-corrected chi connectivity index (χ4v) is 2.55. The average molecular weight is 332 g/mol. The lowest BCUT2D eigenvalue weighted by molar-refractivity contribution is 0.557. The van der Waals surface area contributed by atoms with E-state index in [-0.39, 0.29) is 0 Å². The topological polar surface area (TPSA) is 92.0 Å². The summed E-state index contributed by atoms with van der Waals surface area (Å²) in [6.45, 7) is 2.13. The Hall–Kier alpha value is -3.48. The molecular weight excluding hydrogens is 316 g/mol. The number of anilines is 1. The molecule has 0 saturated carbocycles. The van der Waals surface area contributed by atoms with Crippen LogP contribution in [0.3, 0.4) is 0 Å². The molecule has 0 aliphatic heterocycles. The molecule has 0 atom stereocenters. The molecule has 3 heterocycles. The molecular formula is C18H16N6O. The number of furan rings is 1. The van der Waals surface area contributed by atoms with E-state index in [9.17, 15) is 0 Å². The SMILES string of the molecule is CCc1ccc2[nH]c3nc(N/N=C/C=C/c4ccco4)nnc3c2c1. The predicted molar refractivity (Wildman–Crippen MR) is 98.4 cm³/mol. The van der Waals surface area contributed by atoms with Crippen LogP contribution in [0, 0.1) is 0 Å². The van der Waals surface area contributed by atoms with Crippen LogP contribution in [0.25, 0.3) is 28.1 Å². The summed E-state index contributed by atoms with van der Waals surface area (Å²) >= 11 is 0. The number of allylic oxidation sites excluding steroid dienone is 1. The third-order valence-electron chi connectivity index (χ3n) is 3.82. The highest BCUT2D eigenvalue weighted by atomic mass is 16.3. The van der Waals surface area contributed by atoms with E-state index in [1.165, 1.54) is 5.56 Å². The van der Waals surface area contributed by atoms with Gasteiger partial charge < -0.3 is 9.40 Å². The van der Waals surface area contributed by atoms with Gasteiger partial charge in [0.1, 0.15) is 11.3 Å². The molecule has 0 amide bonds. The van der Waals surface area contributed by atoms with Crippen LogP contribution < -0.4 is 5.43 Å². The zero-order valence-electron chi connectivity index (χ0n) is 13.6.